The van der Waals surface area contributed by atoms with Crippen molar-refractivity contribution in [3.63, 3.8) is 0 Å². The summed E-state index contributed by atoms with van der Waals surface area (Å²) >= 11 is 1.08. The van der Waals surface area contributed by atoms with Crippen molar-refractivity contribution in [3.8, 4) is 10.6 Å². The van der Waals surface area contributed by atoms with E-state index in [4.69, 9.17) is 0 Å². The first-order chi connectivity index (χ1) is 15.0. The summed E-state index contributed by atoms with van der Waals surface area (Å²) in [6.07, 6.45) is -4.65. The average Bonchev–Trinajstić information content (AvgIpc) is 3.37. The summed E-state index contributed by atoms with van der Waals surface area (Å²) in [6, 6.07) is 8.23. The van der Waals surface area contributed by atoms with Crippen LogP contribution in [-0.2, 0) is 16.2 Å². The summed E-state index contributed by atoms with van der Waals surface area (Å²) < 4.78 is 70.7. The van der Waals surface area contributed by atoms with E-state index >= 15 is 0 Å². The highest BCUT2D eigenvalue weighted by atomic mass is 32.2. The maximum atomic E-state index is 13.3. The summed E-state index contributed by atoms with van der Waals surface area (Å²) in [5.41, 5.74) is 3.42. The van der Waals surface area contributed by atoms with E-state index in [1.807, 2.05) is 25.1 Å². The van der Waals surface area contributed by atoms with Gasteiger partial charge in [0.15, 0.2) is 0 Å². The number of hydrogen-bond donors (Lipinski definition) is 0. The largest absolute Gasteiger partial charge is 0.452 e. The molecule has 1 aliphatic rings. The molecule has 4 rings (SSSR count). The van der Waals surface area contributed by atoms with Crippen LogP contribution in [0.4, 0.5) is 18.9 Å². The zero-order valence-corrected chi connectivity index (χ0v) is 19.4. The molecule has 0 radical (unpaired) electrons. The lowest BCUT2D eigenvalue weighted by molar-refractivity contribution is -0.155. The number of piperazine rings is 1. The molecule has 0 amide bonds. The molecule has 1 aromatic carbocycles. The third kappa shape index (κ3) is 4.16. The number of aryl methyl sites for hydroxylation is 2. The van der Waals surface area contributed by atoms with Crippen LogP contribution in [0.25, 0.3) is 10.6 Å². The number of alkyl halides is 3. The van der Waals surface area contributed by atoms with Crippen LogP contribution in [0.1, 0.15) is 21.8 Å². The monoisotopic (exact) mass is 485 g/mol. The van der Waals surface area contributed by atoms with Crippen LogP contribution in [0, 0.1) is 20.8 Å². The Kier molecular flexibility index (Phi) is 5.84. The Bertz CT molecular complexity index is 1240. The normalized spacial score (nSPS) is 16.0. The fraction of sp³-hybridized carbons (Fsp3) is 0.381. The number of thiophene rings is 1. The molecule has 0 bridgehead atoms. The van der Waals surface area contributed by atoms with E-state index in [9.17, 15) is 21.6 Å². The number of benzene rings is 1. The third-order valence-electron chi connectivity index (χ3n) is 5.69. The first-order valence-electron chi connectivity index (χ1n) is 9.94. The molecular weight excluding hydrogens is 463 g/mol. The second kappa shape index (κ2) is 8.20. The highest BCUT2D eigenvalue weighted by Gasteiger charge is 2.37. The van der Waals surface area contributed by atoms with E-state index in [2.05, 4.69) is 21.5 Å². The predicted octanol–water partition coefficient (Wildman–Crippen LogP) is 4.86. The molecule has 3 aromatic rings. The zero-order chi connectivity index (χ0) is 23.3. The summed E-state index contributed by atoms with van der Waals surface area (Å²) in [6.45, 7) is 7.49. The molecule has 1 aliphatic heterocycles. The number of anilines is 1. The Balaban J connectivity index is 1.53. The molecule has 11 heteroatoms. The van der Waals surface area contributed by atoms with Crippen LogP contribution >= 0.6 is 11.3 Å². The summed E-state index contributed by atoms with van der Waals surface area (Å²) in [5.74, 6) is -1.22. The molecule has 0 saturated carbocycles. The highest BCUT2D eigenvalue weighted by molar-refractivity contribution is 7.89. The van der Waals surface area contributed by atoms with Gasteiger partial charge in [-0.1, -0.05) is 17.3 Å². The molecule has 0 N–H and O–H groups in total. The molecule has 1 fully saturated rings. The number of nitrogens with zero attached hydrogens (tertiary/aromatic N) is 3. The number of rotatable bonds is 4. The molecular formula is C21H22F3N3O3S2. The molecule has 3 heterocycles. The first kappa shape index (κ1) is 22.8. The van der Waals surface area contributed by atoms with Gasteiger partial charge in [-0.15, -0.1) is 11.3 Å². The maximum absolute atomic E-state index is 13.3. The van der Waals surface area contributed by atoms with Crippen molar-refractivity contribution in [1.82, 2.24) is 9.46 Å². The lowest BCUT2D eigenvalue weighted by Gasteiger charge is -2.36. The van der Waals surface area contributed by atoms with Gasteiger partial charge in [-0.05, 0) is 44.0 Å². The van der Waals surface area contributed by atoms with Gasteiger partial charge in [0.2, 0.25) is 15.8 Å². The van der Waals surface area contributed by atoms with Crippen LogP contribution in [0.5, 0.6) is 0 Å². The Morgan fingerprint density at radius 2 is 1.75 bits per heavy atom. The van der Waals surface area contributed by atoms with Crippen molar-refractivity contribution >= 4 is 27.0 Å². The molecule has 172 valence electrons. The van der Waals surface area contributed by atoms with Crippen LogP contribution in [-0.4, -0.2) is 44.1 Å². The Morgan fingerprint density at radius 1 is 1.06 bits per heavy atom. The van der Waals surface area contributed by atoms with Crippen molar-refractivity contribution < 1.29 is 26.1 Å². The van der Waals surface area contributed by atoms with Gasteiger partial charge in [-0.25, -0.2) is 8.42 Å². The molecule has 0 unspecified atom stereocenters. The summed E-state index contributed by atoms with van der Waals surface area (Å²) in [5, 5.41) is 3.46. The zero-order valence-electron chi connectivity index (χ0n) is 17.7. The number of aromatic nitrogens is 1. The summed E-state index contributed by atoms with van der Waals surface area (Å²) in [7, 11) is -3.79. The fourth-order valence-corrected chi connectivity index (χ4v) is 6.69. The maximum Gasteiger partial charge on any atom is 0.452 e. The minimum Gasteiger partial charge on any atom is -0.369 e. The first-order valence-corrected chi connectivity index (χ1v) is 12.2. The highest BCUT2D eigenvalue weighted by Crippen LogP contribution is 2.38. The molecule has 1 saturated heterocycles. The Labute approximate surface area is 188 Å². The molecule has 0 aliphatic carbocycles. The molecule has 6 nitrogen and oxygen atoms in total. The van der Waals surface area contributed by atoms with Gasteiger partial charge < -0.3 is 9.42 Å². The van der Waals surface area contributed by atoms with Crippen LogP contribution in [0.3, 0.4) is 0 Å². The lowest BCUT2D eigenvalue weighted by Crippen LogP contribution is -2.48. The Morgan fingerprint density at radius 3 is 2.38 bits per heavy atom. The molecule has 2 aromatic heterocycles. The van der Waals surface area contributed by atoms with Crippen molar-refractivity contribution in [1.29, 1.82) is 0 Å². The van der Waals surface area contributed by atoms with E-state index in [1.54, 1.807) is 6.92 Å². The van der Waals surface area contributed by atoms with Gasteiger partial charge in [0.1, 0.15) is 5.69 Å². The van der Waals surface area contributed by atoms with Gasteiger partial charge in [0.05, 0.1) is 9.77 Å². The second-order valence-corrected chi connectivity index (χ2v) is 10.9. The minimum absolute atomic E-state index is 0.0355. The van der Waals surface area contributed by atoms with Gasteiger partial charge in [0.25, 0.3) is 0 Å². The molecule has 0 spiro atoms. The topological polar surface area (TPSA) is 66.7 Å². The van der Waals surface area contributed by atoms with Crippen molar-refractivity contribution in [3.05, 3.63) is 52.1 Å². The SMILES string of the molecule is Cc1cccc(N2CCN(S(=O)(=O)c3cc(-c4cc(C(F)(F)F)on4)sc3C)CC2)c1C. The van der Waals surface area contributed by atoms with Crippen molar-refractivity contribution in [2.24, 2.45) is 0 Å². The minimum atomic E-state index is -4.65. The number of hydrogen-bond acceptors (Lipinski definition) is 6. The van der Waals surface area contributed by atoms with E-state index in [0.29, 0.717) is 35.9 Å². The molecule has 32 heavy (non-hydrogen) atoms. The number of halogens is 3. The second-order valence-electron chi connectivity index (χ2n) is 7.72. The quantitative estimate of drug-likeness (QED) is 0.528. The van der Waals surface area contributed by atoms with Crippen molar-refractivity contribution in [2.45, 2.75) is 31.8 Å². The van der Waals surface area contributed by atoms with E-state index in [-0.39, 0.29) is 10.6 Å². The van der Waals surface area contributed by atoms with Gasteiger partial charge in [0, 0.05) is 42.8 Å². The van der Waals surface area contributed by atoms with Gasteiger partial charge in [-0.2, -0.15) is 17.5 Å². The van der Waals surface area contributed by atoms with E-state index in [1.165, 1.54) is 21.5 Å². The van der Waals surface area contributed by atoms with Crippen LogP contribution < -0.4 is 4.90 Å². The summed E-state index contributed by atoms with van der Waals surface area (Å²) in [4.78, 5) is 3.08. The average molecular weight is 486 g/mol. The molecule has 0 atom stereocenters. The van der Waals surface area contributed by atoms with Gasteiger partial charge in [-0.3, -0.25) is 0 Å². The standard InChI is InChI=1S/C21H22F3N3O3S2/c1-13-5-4-6-17(14(13)2)26-7-9-27(10-8-26)32(28,29)19-12-18(31-15(19)3)16-11-20(30-25-16)21(22,23)24/h4-6,11-12H,7-10H2,1-3H3. The fourth-order valence-electron chi connectivity index (χ4n) is 3.76. The third-order valence-corrected chi connectivity index (χ3v) is 8.91. The van der Waals surface area contributed by atoms with Crippen molar-refractivity contribution in [2.75, 3.05) is 31.1 Å². The van der Waals surface area contributed by atoms with Crippen LogP contribution in [0.15, 0.2) is 39.8 Å². The van der Waals surface area contributed by atoms with E-state index in [0.717, 1.165) is 23.1 Å². The lowest BCUT2D eigenvalue weighted by atomic mass is 10.1. The predicted molar refractivity (Wildman–Crippen MR) is 116 cm³/mol. The van der Waals surface area contributed by atoms with Crippen LogP contribution in [0.2, 0.25) is 0 Å². The smallest absolute Gasteiger partial charge is 0.369 e. The Hall–Kier alpha value is -2.37. The van der Waals surface area contributed by atoms with E-state index < -0.39 is 22.0 Å². The van der Waals surface area contributed by atoms with Gasteiger partial charge >= 0.3 is 6.18 Å². The number of sulfonamides is 1.